The van der Waals surface area contributed by atoms with Crippen molar-refractivity contribution in [2.75, 3.05) is 6.54 Å². The van der Waals surface area contributed by atoms with Crippen LogP contribution in [0.25, 0.3) is 0 Å². The van der Waals surface area contributed by atoms with Gasteiger partial charge in [-0.1, -0.05) is 6.42 Å². The van der Waals surface area contributed by atoms with Gasteiger partial charge in [0.15, 0.2) is 10.4 Å². The highest BCUT2D eigenvalue weighted by molar-refractivity contribution is 9.10. The van der Waals surface area contributed by atoms with Gasteiger partial charge in [-0.15, -0.1) is 0 Å². The highest BCUT2D eigenvalue weighted by Gasteiger charge is 2.38. The summed E-state index contributed by atoms with van der Waals surface area (Å²) < 4.78 is 5.96. The van der Waals surface area contributed by atoms with Gasteiger partial charge in [-0.2, -0.15) is 0 Å². The second-order valence-electron chi connectivity index (χ2n) is 5.98. The second-order valence-corrected chi connectivity index (χ2v) is 6.77. The molecular formula is C16H20BrNO3. The number of halogens is 1. The van der Waals surface area contributed by atoms with Gasteiger partial charge in [0.05, 0.1) is 0 Å². The van der Waals surface area contributed by atoms with Crippen molar-refractivity contribution in [2.45, 2.75) is 51.0 Å². The van der Waals surface area contributed by atoms with Crippen molar-refractivity contribution >= 4 is 27.6 Å². The fourth-order valence-corrected chi connectivity index (χ4v) is 3.92. The van der Waals surface area contributed by atoms with E-state index in [4.69, 9.17) is 4.42 Å². The molecule has 1 aromatic rings. The van der Waals surface area contributed by atoms with Crippen molar-refractivity contribution < 1.29 is 14.0 Å². The van der Waals surface area contributed by atoms with Crippen LogP contribution in [0.1, 0.15) is 55.5 Å². The quantitative estimate of drug-likeness (QED) is 0.812. The van der Waals surface area contributed by atoms with E-state index in [2.05, 4.69) is 15.9 Å². The van der Waals surface area contributed by atoms with Gasteiger partial charge >= 0.3 is 0 Å². The van der Waals surface area contributed by atoms with Crippen molar-refractivity contribution in [3.63, 3.8) is 0 Å². The van der Waals surface area contributed by atoms with E-state index in [0.29, 0.717) is 22.6 Å². The number of Topliss-reactive ketones (excluding diaryl/α,β-unsaturated/α-hetero) is 1. The molecule has 2 fully saturated rings. The summed E-state index contributed by atoms with van der Waals surface area (Å²) in [6, 6.07) is 3.49. The molecule has 5 heteroatoms. The molecule has 21 heavy (non-hydrogen) atoms. The Morgan fingerprint density at radius 2 is 2.00 bits per heavy atom. The van der Waals surface area contributed by atoms with Crippen LogP contribution in [0.3, 0.4) is 0 Å². The first-order chi connectivity index (χ1) is 10.2. The van der Waals surface area contributed by atoms with E-state index in [9.17, 15) is 9.59 Å². The Hall–Kier alpha value is -1.10. The Morgan fingerprint density at radius 1 is 1.19 bits per heavy atom. The number of hydrogen-bond acceptors (Lipinski definition) is 3. The minimum absolute atomic E-state index is 0.0291. The predicted octanol–water partition coefficient (Wildman–Crippen LogP) is 3.80. The number of likely N-dealkylation sites (tertiary alicyclic amines) is 1. The van der Waals surface area contributed by atoms with E-state index < -0.39 is 0 Å². The first-order valence-electron chi connectivity index (χ1n) is 7.76. The monoisotopic (exact) mass is 353 g/mol. The van der Waals surface area contributed by atoms with Crippen LogP contribution in [0.5, 0.6) is 0 Å². The smallest absolute Gasteiger partial charge is 0.289 e. The summed E-state index contributed by atoms with van der Waals surface area (Å²) in [7, 11) is 0. The average Bonchev–Trinajstić information content (AvgIpc) is 2.94. The summed E-state index contributed by atoms with van der Waals surface area (Å²) in [5, 5.41) is 0. The number of carbonyl (C=O) groups excluding carboxylic acids is 2. The molecule has 1 aliphatic carbocycles. The number of carbonyl (C=O) groups is 2. The van der Waals surface area contributed by atoms with Crippen LogP contribution in [0.15, 0.2) is 21.2 Å². The lowest BCUT2D eigenvalue weighted by molar-refractivity contribution is -0.127. The zero-order valence-corrected chi connectivity index (χ0v) is 13.6. The lowest BCUT2D eigenvalue weighted by atomic mass is 9.79. The van der Waals surface area contributed by atoms with Gasteiger partial charge < -0.3 is 9.32 Å². The summed E-state index contributed by atoms with van der Waals surface area (Å²) in [6.45, 7) is 0.728. The van der Waals surface area contributed by atoms with Crippen LogP contribution in [0.4, 0.5) is 0 Å². The molecule has 1 saturated heterocycles. The molecule has 2 aliphatic rings. The van der Waals surface area contributed by atoms with Crippen LogP contribution in [-0.2, 0) is 4.79 Å². The van der Waals surface area contributed by atoms with Crippen LogP contribution in [0.2, 0.25) is 0 Å². The zero-order valence-electron chi connectivity index (χ0n) is 12.0. The van der Waals surface area contributed by atoms with E-state index in [1.807, 2.05) is 4.90 Å². The van der Waals surface area contributed by atoms with Gasteiger partial charge in [-0.25, -0.2) is 0 Å². The molecule has 2 atom stereocenters. The topological polar surface area (TPSA) is 50.5 Å². The molecular weight excluding hydrogens is 334 g/mol. The minimum atomic E-state index is -0.0798. The summed E-state index contributed by atoms with van der Waals surface area (Å²) in [5.74, 6) is 0.647. The molecule has 0 bridgehead atoms. The molecule has 4 nitrogen and oxygen atoms in total. The molecule has 0 radical (unpaired) electrons. The van der Waals surface area contributed by atoms with E-state index in [1.165, 1.54) is 0 Å². The third-order valence-corrected chi connectivity index (χ3v) is 5.09. The van der Waals surface area contributed by atoms with Crippen LogP contribution >= 0.6 is 15.9 Å². The van der Waals surface area contributed by atoms with E-state index in [-0.39, 0.29) is 17.9 Å². The van der Waals surface area contributed by atoms with Gasteiger partial charge in [-0.05, 0) is 60.2 Å². The average molecular weight is 354 g/mol. The van der Waals surface area contributed by atoms with Gasteiger partial charge in [-0.3, -0.25) is 9.59 Å². The number of furan rings is 1. The van der Waals surface area contributed by atoms with Crippen molar-refractivity contribution in [3.05, 3.63) is 22.6 Å². The zero-order chi connectivity index (χ0) is 14.8. The molecule has 2 unspecified atom stereocenters. The number of hydrogen-bond donors (Lipinski definition) is 0. The Kier molecular flexibility index (Phi) is 4.48. The Bertz CT molecular complexity index is 539. The predicted molar refractivity (Wildman–Crippen MR) is 82.0 cm³/mol. The first-order valence-corrected chi connectivity index (χ1v) is 8.55. The lowest BCUT2D eigenvalue weighted by Crippen LogP contribution is -2.50. The molecule has 3 rings (SSSR count). The summed E-state index contributed by atoms with van der Waals surface area (Å²) in [4.78, 5) is 26.8. The lowest BCUT2D eigenvalue weighted by Gasteiger charge is -2.40. The Morgan fingerprint density at radius 3 is 2.71 bits per heavy atom. The SMILES string of the molecule is O=C1CCCCC1C1CCCCN1C(=O)c1ccc(Br)o1. The van der Waals surface area contributed by atoms with Gasteiger partial charge in [0.1, 0.15) is 5.78 Å². The fraction of sp³-hybridized carbons (Fsp3) is 0.625. The molecule has 2 heterocycles. The Balaban J connectivity index is 1.80. The molecule has 1 amide bonds. The number of ketones is 1. The molecule has 1 aromatic heterocycles. The van der Waals surface area contributed by atoms with E-state index in [0.717, 1.165) is 45.1 Å². The van der Waals surface area contributed by atoms with Gasteiger partial charge in [0.2, 0.25) is 0 Å². The second kappa shape index (κ2) is 6.34. The maximum Gasteiger partial charge on any atom is 0.289 e. The Labute approximate surface area is 133 Å². The van der Waals surface area contributed by atoms with Gasteiger partial charge in [0.25, 0.3) is 5.91 Å². The van der Waals surface area contributed by atoms with Crippen molar-refractivity contribution in [3.8, 4) is 0 Å². The largest absolute Gasteiger partial charge is 0.444 e. The number of amides is 1. The van der Waals surface area contributed by atoms with Crippen LogP contribution in [-0.4, -0.2) is 29.2 Å². The number of nitrogens with zero attached hydrogens (tertiary/aromatic N) is 1. The number of rotatable bonds is 2. The molecule has 1 saturated carbocycles. The summed E-state index contributed by atoms with van der Waals surface area (Å²) in [6.07, 6.45) is 6.74. The summed E-state index contributed by atoms with van der Waals surface area (Å²) in [5.41, 5.74) is 0. The molecule has 114 valence electrons. The van der Waals surface area contributed by atoms with Crippen molar-refractivity contribution in [1.29, 1.82) is 0 Å². The van der Waals surface area contributed by atoms with Crippen molar-refractivity contribution in [2.24, 2.45) is 5.92 Å². The van der Waals surface area contributed by atoms with E-state index in [1.54, 1.807) is 12.1 Å². The molecule has 0 spiro atoms. The van der Waals surface area contributed by atoms with E-state index >= 15 is 0 Å². The first kappa shape index (κ1) is 14.8. The normalized spacial score (nSPS) is 26.9. The maximum absolute atomic E-state index is 12.7. The molecule has 1 aliphatic heterocycles. The fourth-order valence-electron chi connectivity index (χ4n) is 3.62. The third-order valence-electron chi connectivity index (χ3n) is 4.66. The standard InChI is InChI=1S/C16H20BrNO3/c17-15-9-8-14(21-15)16(20)18-10-4-3-6-12(18)11-5-1-2-7-13(11)19/h8-9,11-12H,1-7,10H2. The number of piperidine rings is 1. The molecule has 0 N–H and O–H groups in total. The van der Waals surface area contributed by atoms with Crippen LogP contribution < -0.4 is 0 Å². The van der Waals surface area contributed by atoms with Gasteiger partial charge in [0, 0.05) is 24.9 Å². The maximum atomic E-state index is 12.7. The minimum Gasteiger partial charge on any atom is -0.444 e. The highest BCUT2D eigenvalue weighted by Crippen LogP contribution is 2.33. The molecule has 0 aromatic carbocycles. The summed E-state index contributed by atoms with van der Waals surface area (Å²) >= 11 is 3.23. The van der Waals surface area contributed by atoms with Crippen molar-refractivity contribution in [1.82, 2.24) is 4.90 Å². The van der Waals surface area contributed by atoms with Crippen LogP contribution in [0, 0.1) is 5.92 Å². The highest BCUT2D eigenvalue weighted by atomic mass is 79.9. The third kappa shape index (κ3) is 3.07.